The average Bonchev–Trinajstić information content (AvgIpc) is 2.93. The third-order valence-electron chi connectivity index (χ3n) is 2.84. The van der Waals surface area contributed by atoms with Crippen molar-refractivity contribution in [3.8, 4) is 5.75 Å². The molecule has 1 heterocycles. The fourth-order valence-corrected chi connectivity index (χ4v) is 2.91. The second kappa shape index (κ2) is 6.50. The monoisotopic (exact) mass is 343 g/mol. The van der Waals surface area contributed by atoms with Crippen LogP contribution in [0.1, 0.15) is 24.3 Å². The van der Waals surface area contributed by atoms with Gasteiger partial charge in [-0.25, -0.2) is 4.39 Å². The van der Waals surface area contributed by atoms with Crippen molar-refractivity contribution in [2.24, 2.45) is 5.73 Å². The van der Waals surface area contributed by atoms with Gasteiger partial charge in [-0.15, -0.1) is 11.3 Å². The minimum atomic E-state index is -0.306. The predicted molar refractivity (Wildman–Crippen MR) is 80.1 cm³/mol. The lowest BCUT2D eigenvalue weighted by Gasteiger charge is -2.23. The van der Waals surface area contributed by atoms with Gasteiger partial charge in [0, 0.05) is 10.9 Å². The van der Waals surface area contributed by atoms with Crippen LogP contribution in [-0.2, 0) is 0 Å². The fraction of sp³-hybridized carbons (Fsp3) is 0.286. The van der Waals surface area contributed by atoms with Gasteiger partial charge in [-0.3, -0.25) is 0 Å². The van der Waals surface area contributed by atoms with Crippen molar-refractivity contribution < 1.29 is 9.13 Å². The van der Waals surface area contributed by atoms with E-state index in [0.29, 0.717) is 10.2 Å². The molecular formula is C14H15BrFNOS. The number of benzene rings is 1. The maximum atomic E-state index is 13.2. The zero-order valence-corrected chi connectivity index (χ0v) is 12.9. The first kappa shape index (κ1) is 14.5. The molecule has 1 aromatic carbocycles. The van der Waals surface area contributed by atoms with Gasteiger partial charge < -0.3 is 10.5 Å². The lowest BCUT2D eigenvalue weighted by Crippen LogP contribution is -2.30. The summed E-state index contributed by atoms with van der Waals surface area (Å²) in [4.78, 5) is 1.08. The molecule has 2 N–H and O–H groups in total. The number of thiophene rings is 1. The van der Waals surface area contributed by atoms with E-state index < -0.39 is 0 Å². The van der Waals surface area contributed by atoms with Crippen molar-refractivity contribution in [1.29, 1.82) is 0 Å². The molecular weight excluding hydrogens is 329 g/mol. The van der Waals surface area contributed by atoms with E-state index in [2.05, 4.69) is 15.9 Å². The number of nitrogens with two attached hydrogens (primary N) is 1. The normalized spacial score (nSPS) is 14.1. The molecule has 2 unspecified atom stereocenters. The van der Waals surface area contributed by atoms with Crippen LogP contribution in [0.2, 0.25) is 0 Å². The van der Waals surface area contributed by atoms with E-state index in [-0.39, 0.29) is 18.0 Å². The predicted octanol–water partition coefficient (Wildman–Crippen LogP) is 4.51. The molecule has 0 amide bonds. The van der Waals surface area contributed by atoms with Gasteiger partial charge in [-0.1, -0.05) is 13.0 Å². The average molecular weight is 344 g/mol. The molecule has 2 atom stereocenters. The molecule has 0 saturated heterocycles. The Morgan fingerprint density at radius 1 is 1.42 bits per heavy atom. The Morgan fingerprint density at radius 3 is 2.79 bits per heavy atom. The van der Waals surface area contributed by atoms with Gasteiger partial charge in [-0.2, -0.15) is 0 Å². The largest absolute Gasteiger partial charge is 0.483 e. The lowest BCUT2D eigenvalue weighted by molar-refractivity contribution is 0.174. The van der Waals surface area contributed by atoms with Crippen LogP contribution < -0.4 is 10.5 Å². The Morgan fingerprint density at radius 2 is 2.21 bits per heavy atom. The summed E-state index contributed by atoms with van der Waals surface area (Å²) >= 11 is 4.77. The van der Waals surface area contributed by atoms with Crippen LogP contribution in [0.5, 0.6) is 5.75 Å². The molecule has 0 fully saturated rings. The molecule has 0 radical (unpaired) electrons. The van der Waals surface area contributed by atoms with E-state index in [4.69, 9.17) is 10.5 Å². The van der Waals surface area contributed by atoms with Crippen LogP contribution in [0.3, 0.4) is 0 Å². The highest BCUT2D eigenvalue weighted by atomic mass is 79.9. The SMILES string of the molecule is CCC(N)C(Oc1ccc(F)c(Br)c1)c1cccs1. The molecule has 1 aromatic heterocycles. The lowest BCUT2D eigenvalue weighted by atomic mass is 10.1. The number of hydrogen-bond donors (Lipinski definition) is 1. The minimum absolute atomic E-state index is 0.0949. The molecule has 0 aliphatic carbocycles. The van der Waals surface area contributed by atoms with Crippen LogP contribution in [0.25, 0.3) is 0 Å². The summed E-state index contributed by atoms with van der Waals surface area (Å²) in [5, 5.41) is 1.99. The van der Waals surface area contributed by atoms with Gasteiger partial charge in [0.2, 0.25) is 0 Å². The maximum absolute atomic E-state index is 13.2. The Bertz CT molecular complexity index is 532. The number of halogens is 2. The molecule has 5 heteroatoms. The fourth-order valence-electron chi connectivity index (χ4n) is 1.72. The topological polar surface area (TPSA) is 35.2 Å². The highest BCUT2D eigenvalue weighted by molar-refractivity contribution is 9.10. The van der Waals surface area contributed by atoms with Crippen molar-refractivity contribution in [1.82, 2.24) is 0 Å². The van der Waals surface area contributed by atoms with Crippen molar-refractivity contribution in [3.63, 3.8) is 0 Å². The second-order valence-electron chi connectivity index (χ2n) is 4.20. The highest BCUT2D eigenvalue weighted by Gasteiger charge is 2.21. The first-order valence-corrected chi connectivity index (χ1v) is 7.69. The first-order chi connectivity index (χ1) is 9.11. The summed E-state index contributed by atoms with van der Waals surface area (Å²) in [6.45, 7) is 2.02. The molecule has 19 heavy (non-hydrogen) atoms. The Hall–Kier alpha value is -0.910. The van der Waals surface area contributed by atoms with Crippen LogP contribution in [-0.4, -0.2) is 6.04 Å². The van der Waals surface area contributed by atoms with E-state index in [9.17, 15) is 4.39 Å². The summed E-state index contributed by atoms with van der Waals surface area (Å²) in [5.41, 5.74) is 6.12. The molecule has 2 nitrogen and oxygen atoms in total. The van der Waals surface area contributed by atoms with Crippen molar-refractivity contribution >= 4 is 27.3 Å². The molecule has 2 rings (SSSR count). The van der Waals surface area contributed by atoms with Gasteiger partial charge in [-0.05, 0) is 52.0 Å². The van der Waals surface area contributed by atoms with Gasteiger partial charge in [0.1, 0.15) is 17.7 Å². The van der Waals surface area contributed by atoms with Gasteiger partial charge in [0.15, 0.2) is 0 Å². The van der Waals surface area contributed by atoms with Crippen LogP contribution in [0, 0.1) is 5.82 Å². The Labute approximate surface area is 124 Å². The standard InChI is InChI=1S/C14H15BrFNOS/c1-2-12(17)14(13-4-3-7-19-13)18-9-5-6-11(16)10(15)8-9/h3-8,12,14H,2,17H2,1H3. The van der Waals surface area contributed by atoms with E-state index in [0.717, 1.165) is 11.3 Å². The third-order valence-corrected chi connectivity index (χ3v) is 4.38. The number of ether oxygens (including phenoxy) is 1. The maximum Gasteiger partial charge on any atom is 0.148 e. The molecule has 0 aliphatic heterocycles. The van der Waals surface area contributed by atoms with Gasteiger partial charge in [0.05, 0.1) is 4.47 Å². The van der Waals surface area contributed by atoms with Crippen LogP contribution in [0.15, 0.2) is 40.2 Å². The first-order valence-electron chi connectivity index (χ1n) is 6.02. The van der Waals surface area contributed by atoms with Gasteiger partial charge >= 0.3 is 0 Å². The van der Waals surface area contributed by atoms with Crippen LogP contribution in [0.4, 0.5) is 4.39 Å². The zero-order chi connectivity index (χ0) is 13.8. The highest BCUT2D eigenvalue weighted by Crippen LogP contribution is 2.30. The Balaban J connectivity index is 2.23. The summed E-state index contributed by atoms with van der Waals surface area (Å²) in [5.74, 6) is 0.301. The summed E-state index contributed by atoms with van der Waals surface area (Å²) in [6, 6.07) is 8.49. The summed E-state index contributed by atoms with van der Waals surface area (Å²) < 4.78 is 19.5. The van der Waals surface area contributed by atoms with E-state index in [1.807, 2.05) is 24.4 Å². The number of hydrogen-bond acceptors (Lipinski definition) is 3. The van der Waals surface area contributed by atoms with E-state index >= 15 is 0 Å². The quantitative estimate of drug-likeness (QED) is 0.866. The molecule has 0 saturated carbocycles. The molecule has 2 aromatic rings. The van der Waals surface area contributed by atoms with Crippen LogP contribution >= 0.6 is 27.3 Å². The summed E-state index contributed by atoms with van der Waals surface area (Å²) in [7, 11) is 0. The molecule has 102 valence electrons. The van der Waals surface area contributed by atoms with Gasteiger partial charge in [0.25, 0.3) is 0 Å². The molecule has 0 bridgehead atoms. The second-order valence-corrected chi connectivity index (χ2v) is 6.04. The molecule has 0 spiro atoms. The van der Waals surface area contributed by atoms with Crippen molar-refractivity contribution in [3.05, 3.63) is 50.9 Å². The Kier molecular flexibility index (Phi) is 4.96. The smallest absolute Gasteiger partial charge is 0.148 e. The van der Waals surface area contributed by atoms with Crippen molar-refractivity contribution in [2.75, 3.05) is 0 Å². The third kappa shape index (κ3) is 3.55. The van der Waals surface area contributed by atoms with Crippen molar-refractivity contribution in [2.45, 2.75) is 25.5 Å². The number of rotatable bonds is 5. The van der Waals surface area contributed by atoms with E-state index in [1.54, 1.807) is 23.5 Å². The minimum Gasteiger partial charge on any atom is -0.483 e. The van der Waals surface area contributed by atoms with E-state index in [1.165, 1.54) is 6.07 Å². The molecule has 0 aliphatic rings. The zero-order valence-electron chi connectivity index (χ0n) is 10.5. The summed E-state index contributed by atoms with van der Waals surface area (Å²) in [6.07, 6.45) is 0.604.